The number of Topliss-reactive ketones (excluding diaryl/α,β-unsaturated/α-hetero) is 1. The molecule has 0 bridgehead atoms. The predicted molar refractivity (Wildman–Crippen MR) is 171 cm³/mol. The minimum atomic E-state index is -1.37. The highest BCUT2D eigenvalue weighted by Crippen LogP contribution is 2.70. The third-order valence-corrected chi connectivity index (χ3v) is 11.1. The third-order valence-electron chi connectivity index (χ3n) is 10.4. The molecule has 4 aliphatic rings. The smallest absolute Gasteiger partial charge is 0.250 e. The van der Waals surface area contributed by atoms with Gasteiger partial charge >= 0.3 is 0 Å². The quantitative estimate of drug-likeness (QED) is 0.263. The van der Waals surface area contributed by atoms with Crippen LogP contribution in [0.1, 0.15) is 46.9 Å². The number of ketones is 1. The summed E-state index contributed by atoms with van der Waals surface area (Å²) in [4.78, 5) is 38.9. The third kappa shape index (κ3) is 3.34. The number of likely N-dealkylation sites (N-methyl/N-ethyl adjacent to an activating group) is 1. The molecule has 3 unspecified atom stereocenters. The maximum Gasteiger partial charge on any atom is 0.250 e. The van der Waals surface area contributed by atoms with Gasteiger partial charge in [0.25, 0.3) is 5.91 Å². The molecule has 1 N–H and O–H groups in total. The van der Waals surface area contributed by atoms with Crippen LogP contribution in [-0.4, -0.2) is 41.5 Å². The Morgan fingerprint density at radius 2 is 1.45 bits per heavy atom. The molecule has 3 heterocycles. The van der Waals surface area contributed by atoms with Gasteiger partial charge < -0.3 is 10.2 Å². The molecule has 1 saturated carbocycles. The number of carbonyl (C=O) groups is 2. The molecule has 5 atom stereocenters. The number of rotatable bonds is 3. The number of halogens is 2. The fourth-order valence-electron chi connectivity index (χ4n) is 8.79. The lowest BCUT2D eigenvalue weighted by molar-refractivity contribution is -0.154. The number of amides is 1. The van der Waals surface area contributed by atoms with Gasteiger partial charge in [-0.1, -0.05) is 113 Å². The molecule has 8 rings (SSSR count). The van der Waals surface area contributed by atoms with Crippen LogP contribution in [0.3, 0.4) is 0 Å². The van der Waals surface area contributed by atoms with Gasteiger partial charge in [-0.25, -0.2) is 0 Å². The molecular weight excluding hydrogens is 593 g/mol. The van der Waals surface area contributed by atoms with Gasteiger partial charge in [0.2, 0.25) is 5.60 Å². The summed E-state index contributed by atoms with van der Waals surface area (Å²) in [5.74, 6) is -1.17. The number of para-hydroxylation sites is 1. The van der Waals surface area contributed by atoms with E-state index >= 15 is 4.79 Å². The Hall–Kier alpha value is -3.97. The molecule has 3 aliphatic heterocycles. The number of carbonyl (C=O) groups excluding carboxylic acids is 2. The van der Waals surface area contributed by atoms with Gasteiger partial charge in [-0.3, -0.25) is 14.5 Å². The second-order valence-corrected chi connectivity index (χ2v) is 13.1. The SMILES string of the molecule is CN1CC(c2ccccc2)[C@@]2(CC[C@]3(ON=C(c4c(Cl)cccc4Cl)C3c3ccccc3)C2=O)C12C(=O)Nc1ccccc12. The van der Waals surface area contributed by atoms with Crippen LogP contribution in [0.25, 0.3) is 0 Å². The Kier molecular flexibility index (Phi) is 6.12. The van der Waals surface area contributed by atoms with E-state index in [9.17, 15) is 4.79 Å². The maximum atomic E-state index is 15.9. The lowest BCUT2D eigenvalue weighted by Gasteiger charge is -2.44. The average Bonchev–Trinajstić information content (AvgIpc) is 3.73. The standard InChI is InChI=1S/C36H29Cl2N3O3/c1-41-21-25(22-11-4-2-5-12-22)34(36(41)24-15-8-9-18-28(24)39-33(36)43)19-20-35(32(34)42)30(23-13-6-3-7-14-23)31(40-44-35)29-26(37)16-10-17-27(29)38/h2-18,25,30H,19-21H2,1H3,(H,39,43)/t25?,30?,34-,35-,36?/m1/s1. The van der Waals surface area contributed by atoms with Gasteiger partial charge in [0.15, 0.2) is 5.78 Å². The Morgan fingerprint density at radius 3 is 2.16 bits per heavy atom. The van der Waals surface area contributed by atoms with E-state index in [1.54, 1.807) is 18.2 Å². The van der Waals surface area contributed by atoms with E-state index in [2.05, 4.69) is 27.5 Å². The Bertz CT molecular complexity index is 1840. The molecule has 0 radical (unpaired) electrons. The van der Waals surface area contributed by atoms with Gasteiger partial charge in [-0.05, 0) is 49.2 Å². The van der Waals surface area contributed by atoms with Crippen molar-refractivity contribution >= 4 is 46.3 Å². The van der Waals surface area contributed by atoms with Gasteiger partial charge in [-0.2, -0.15) is 0 Å². The minimum absolute atomic E-state index is 0.120. The number of benzene rings is 4. The van der Waals surface area contributed by atoms with Crippen LogP contribution >= 0.6 is 23.2 Å². The lowest BCUT2D eigenvalue weighted by Crippen LogP contribution is -2.60. The summed E-state index contributed by atoms with van der Waals surface area (Å²) in [6.07, 6.45) is 0.800. The topological polar surface area (TPSA) is 71.0 Å². The summed E-state index contributed by atoms with van der Waals surface area (Å²) in [5, 5.41) is 8.64. The van der Waals surface area contributed by atoms with E-state index in [1.165, 1.54) is 0 Å². The van der Waals surface area contributed by atoms with Crippen LogP contribution in [0, 0.1) is 5.41 Å². The zero-order valence-corrected chi connectivity index (χ0v) is 25.5. The molecule has 0 aromatic heterocycles. The maximum absolute atomic E-state index is 15.9. The molecule has 44 heavy (non-hydrogen) atoms. The number of likely N-dealkylation sites (tertiary alicyclic amines) is 1. The highest BCUT2D eigenvalue weighted by molar-refractivity contribution is 6.41. The minimum Gasteiger partial charge on any atom is -0.380 e. The molecule has 4 aromatic carbocycles. The fraction of sp³-hybridized carbons (Fsp3) is 0.250. The first-order chi connectivity index (χ1) is 21.4. The molecule has 220 valence electrons. The van der Waals surface area contributed by atoms with E-state index in [0.29, 0.717) is 40.7 Å². The first-order valence-corrected chi connectivity index (χ1v) is 15.6. The van der Waals surface area contributed by atoms with Crippen LogP contribution in [0.15, 0.2) is 108 Å². The van der Waals surface area contributed by atoms with E-state index in [-0.39, 0.29) is 17.6 Å². The zero-order valence-electron chi connectivity index (χ0n) is 24.0. The summed E-state index contributed by atoms with van der Waals surface area (Å²) < 4.78 is 0. The monoisotopic (exact) mass is 621 g/mol. The number of fused-ring (bicyclic) bond motifs is 3. The Balaban J connectivity index is 1.38. The van der Waals surface area contributed by atoms with Crippen molar-refractivity contribution in [3.05, 3.63) is 135 Å². The van der Waals surface area contributed by atoms with Crippen LogP contribution in [0.2, 0.25) is 10.0 Å². The van der Waals surface area contributed by atoms with Crippen molar-refractivity contribution in [2.75, 3.05) is 18.9 Å². The summed E-state index contributed by atoms with van der Waals surface area (Å²) >= 11 is 13.5. The molecular formula is C36H29Cl2N3O3. The highest BCUT2D eigenvalue weighted by atomic mass is 35.5. The van der Waals surface area contributed by atoms with Gasteiger partial charge in [0, 0.05) is 29.3 Å². The van der Waals surface area contributed by atoms with Crippen LogP contribution in [0.4, 0.5) is 5.69 Å². The first-order valence-electron chi connectivity index (χ1n) is 14.8. The van der Waals surface area contributed by atoms with Crippen molar-refractivity contribution in [3.8, 4) is 0 Å². The molecule has 1 amide bonds. The molecule has 4 aromatic rings. The summed E-state index contributed by atoms with van der Waals surface area (Å²) in [5.41, 5.74) is 0.757. The molecule has 3 spiro atoms. The van der Waals surface area contributed by atoms with Crippen molar-refractivity contribution in [2.45, 2.75) is 35.8 Å². The first kappa shape index (κ1) is 27.6. The van der Waals surface area contributed by atoms with E-state index < -0.39 is 22.5 Å². The number of anilines is 1. The molecule has 2 fully saturated rings. The fourth-order valence-corrected chi connectivity index (χ4v) is 9.38. The Morgan fingerprint density at radius 1 is 0.818 bits per heavy atom. The summed E-state index contributed by atoms with van der Waals surface area (Å²) in [6.45, 7) is 0.521. The van der Waals surface area contributed by atoms with Crippen molar-refractivity contribution in [1.29, 1.82) is 0 Å². The number of hydrogen-bond acceptors (Lipinski definition) is 5. The van der Waals surface area contributed by atoms with Gasteiger partial charge in [0.1, 0.15) is 11.3 Å². The van der Waals surface area contributed by atoms with E-state index in [0.717, 1.165) is 22.4 Å². The van der Waals surface area contributed by atoms with Crippen LogP contribution in [-0.2, 0) is 20.0 Å². The average molecular weight is 623 g/mol. The Labute approximate surface area is 265 Å². The summed E-state index contributed by atoms with van der Waals surface area (Å²) in [7, 11) is 1.96. The van der Waals surface area contributed by atoms with Crippen molar-refractivity contribution in [1.82, 2.24) is 4.90 Å². The number of nitrogens with one attached hydrogen (secondary N) is 1. The predicted octanol–water partition coefficient (Wildman–Crippen LogP) is 7.18. The second kappa shape index (κ2) is 9.77. The number of oxime groups is 1. The van der Waals surface area contributed by atoms with Crippen molar-refractivity contribution < 1.29 is 14.4 Å². The molecule has 8 heteroatoms. The van der Waals surface area contributed by atoms with Gasteiger partial charge in [0.05, 0.1) is 21.4 Å². The zero-order chi connectivity index (χ0) is 30.3. The lowest BCUT2D eigenvalue weighted by atomic mass is 9.58. The largest absolute Gasteiger partial charge is 0.380 e. The van der Waals surface area contributed by atoms with Gasteiger partial charge in [-0.15, -0.1) is 0 Å². The van der Waals surface area contributed by atoms with Crippen LogP contribution in [0.5, 0.6) is 0 Å². The van der Waals surface area contributed by atoms with E-state index in [4.69, 9.17) is 28.0 Å². The summed E-state index contributed by atoms with van der Waals surface area (Å²) in [6, 6.07) is 32.9. The number of hydrogen-bond donors (Lipinski definition) is 1. The van der Waals surface area contributed by atoms with Crippen molar-refractivity contribution in [2.24, 2.45) is 10.6 Å². The number of nitrogens with zero attached hydrogens (tertiary/aromatic N) is 2. The molecule has 1 saturated heterocycles. The van der Waals surface area contributed by atoms with Crippen molar-refractivity contribution in [3.63, 3.8) is 0 Å². The second-order valence-electron chi connectivity index (χ2n) is 12.3. The molecule has 6 nitrogen and oxygen atoms in total. The normalized spacial score (nSPS) is 30.7. The molecule has 1 aliphatic carbocycles. The highest BCUT2D eigenvalue weighted by Gasteiger charge is 2.80. The van der Waals surface area contributed by atoms with E-state index in [1.807, 2.05) is 79.8 Å². The van der Waals surface area contributed by atoms with Crippen LogP contribution < -0.4 is 5.32 Å².